The number of thioether (sulfide) groups is 1. The van der Waals surface area contributed by atoms with E-state index in [2.05, 4.69) is 9.97 Å². The van der Waals surface area contributed by atoms with Crippen LogP contribution in [0.2, 0.25) is 0 Å². The second-order valence-electron chi connectivity index (χ2n) is 3.39. The van der Waals surface area contributed by atoms with Gasteiger partial charge in [0.05, 0.1) is 25.0 Å². The molecule has 0 bridgehead atoms. The lowest BCUT2D eigenvalue weighted by molar-refractivity contribution is 0.0152. The molecule has 4 nitrogen and oxygen atoms in total. The van der Waals surface area contributed by atoms with Crippen LogP contribution >= 0.6 is 11.8 Å². The predicted octanol–water partition coefficient (Wildman–Crippen LogP) is 1.35. The molecule has 0 saturated carbocycles. The molecule has 0 aliphatic carbocycles. The minimum Gasteiger partial charge on any atom is -0.390 e. The second-order valence-corrected chi connectivity index (χ2v) is 4.43. The van der Waals surface area contributed by atoms with Gasteiger partial charge in [0.1, 0.15) is 5.03 Å². The van der Waals surface area contributed by atoms with Gasteiger partial charge in [-0.05, 0) is 13.8 Å². The molecule has 0 spiro atoms. The van der Waals surface area contributed by atoms with Crippen molar-refractivity contribution in [3.63, 3.8) is 0 Å². The maximum atomic E-state index is 9.57. The number of aliphatic hydroxyl groups is 1. The van der Waals surface area contributed by atoms with E-state index in [1.54, 1.807) is 18.6 Å². The van der Waals surface area contributed by atoms with Gasteiger partial charge in [-0.1, -0.05) is 0 Å². The normalized spacial score (nSPS) is 13.1. The van der Waals surface area contributed by atoms with Crippen molar-refractivity contribution in [1.29, 1.82) is 0 Å². The standard InChI is InChI=1S/C10H16N2O2S/c1-8(2)14-6-9(13)7-15-10-5-11-3-4-12-10/h3-5,8-9,13H,6-7H2,1-2H3. The molecule has 1 unspecified atom stereocenters. The largest absolute Gasteiger partial charge is 0.390 e. The van der Waals surface area contributed by atoms with E-state index in [1.807, 2.05) is 13.8 Å². The van der Waals surface area contributed by atoms with Crippen LogP contribution < -0.4 is 0 Å². The summed E-state index contributed by atoms with van der Waals surface area (Å²) in [5.74, 6) is 0.575. The quantitative estimate of drug-likeness (QED) is 0.745. The van der Waals surface area contributed by atoms with Gasteiger partial charge in [0.25, 0.3) is 0 Å². The second kappa shape index (κ2) is 6.76. The van der Waals surface area contributed by atoms with E-state index >= 15 is 0 Å². The summed E-state index contributed by atoms with van der Waals surface area (Å²) in [6, 6.07) is 0. The molecule has 15 heavy (non-hydrogen) atoms. The lowest BCUT2D eigenvalue weighted by Gasteiger charge is -2.12. The van der Waals surface area contributed by atoms with Crippen molar-refractivity contribution < 1.29 is 9.84 Å². The van der Waals surface area contributed by atoms with Gasteiger partial charge in [0, 0.05) is 18.1 Å². The van der Waals surface area contributed by atoms with E-state index in [0.29, 0.717) is 12.4 Å². The third kappa shape index (κ3) is 5.71. The molecule has 0 aliphatic heterocycles. The number of hydrogen-bond acceptors (Lipinski definition) is 5. The summed E-state index contributed by atoms with van der Waals surface area (Å²) >= 11 is 1.48. The average Bonchev–Trinajstić information content (AvgIpc) is 2.25. The molecule has 1 rings (SSSR count). The predicted molar refractivity (Wildman–Crippen MR) is 59.9 cm³/mol. The number of hydrogen-bond donors (Lipinski definition) is 1. The van der Waals surface area contributed by atoms with Gasteiger partial charge >= 0.3 is 0 Å². The fourth-order valence-electron chi connectivity index (χ4n) is 0.893. The molecular formula is C10H16N2O2S. The SMILES string of the molecule is CC(C)OCC(O)CSc1cnccn1. The maximum Gasteiger partial charge on any atom is 0.114 e. The number of aromatic nitrogens is 2. The maximum absolute atomic E-state index is 9.57. The third-order valence-electron chi connectivity index (χ3n) is 1.59. The van der Waals surface area contributed by atoms with E-state index in [4.69, 9.17) is 4.74 Å². The molecule has 1 aromatic rings. The van der Waals surface area contributed by atoms with Gasteiger partial charge < -0.3 is 9.84 Å². The molecule has 0 saturated heterocycles. The summed E-state index contributed by atoms with van der Waals surface area (Å²) in [5, 5.41) is 10.4. The van der Waals surface area contributed by atoms with Gasteiger partial charge in [0.15, 0.2) is 0 Å². The number of nitrogens with zero attached hydrogens (tertiary/aromatic N) is 2. The van der Waals surface area contributed by atoms with Crippen LogP contribution in [0.15, 0.2) is 23.6 Å². The molecular weight excluding hydrogens is 212 g/mol. The van der Waals surface area contributed by atoms with Gasteiger partial charge in [0.2, 0.25) is 0 Å². The minimum atomic E-state index is -0.459. The van der Waals surface area contributed by atoms with E-state index in [-0.39, 0.29) is 6.10 Å². The van der Waals surface area contributed by atoms with Crippen LogP contribution in [0.1, 0.15) is 13.8 Å². The van der Waals surface area contributed by atoms with E-state index in [0.717, 1.165) is 5.03 Å². The monoisotopic (exact) mass is 228 g/mol. The van der Waals surface area contributed by atoms with E-state index in [1.165, 1.54) is 11.8 Å². The van der Waals surface area contributed by atoms with Crippen LogP contribution in [-0.2, 0) is 4.74 Å². The van der Waals surface area contributed by atoms with Crippen molar-refractivity contribution in [2.45, 2.75) is 31.1 Å². The summed E-state index contributed by atoms with van der Waals surface area (Å²) < 4.78 is 5.29. The Morgan fingerprint density at radius 3 is 2.87 bits per heavy atom. The van der Waals surface area contributed by atoms with Gasteiger partial charge in [-0.3, -0.25) is 4.98 Å². The molecule has 0 radical (unpaired) electrons. The Hall–Kier alpha value is -0.650. The number of ether oxygens (including phenoxy) is 1. The summed E-state index contributed by atoms with van der Waals surface area (Å²) in [6.07, 6.45) is 4.64. The third-order valence-corrected chi connectivity index (χ3v) is 2.64. The van der Waals surface area contributed by atoms with Crippen LogP contribution in [0.25, 0.3) is 0 Å². The molecule has 1 atom stereocenters. The van der Waals surface area contributed by atoms with Crippen molar-refractivity contribution >= 4 is 11.8 Å². The van der Waals surface area contributed by atoms with Crippen molar-refractivity contribution in [2.75, 3.05) is 12.4 Å². The zero-order valence-corrected chi connectivity index (χ0v) is 9.78. The fourth-order valence-corrected chi connectivity index (χ4v) is 1.62. The number of rotatable bonds is 6. The Labute approximate surface area is 94.1 Å². The van der Waals surface area contributed by atoms with E-state index in [9.17, 15) is 5.11 Å². The van der Waals surface area contributed by atoms with Crippen molar-refractivity contribution in [2.24, 2.45) is 0 Å². The summed E-state index contributed by atoms with van der Waals surface area (Å²) in [7, 11) is 0. The summed E-state index contributed by atoms with van der Waals surface area (Å²) in [4.78, 5) is 8.04. The first-order chi connectivity index (χ1) is 7.18. The molecule has 0 aromatic carbocycles. The van der Waals surface area contributed by atoms with E-state index < -0.39 is 6.10 Å². The first-order valence-corrected chi connectivity index (χ1v) is 5.85. The Morgan fingerprint density at radius 2 is 2.27 bits per heavy atom. The molecule has 84 valence electrons. The highest BCUT2D eigenvalue weighted by atomic mass is 32.2. The molecule has 1 aromatic heterocycles. The molecule has 0 aliphatic rings. The Morgan fingerprint density at radius 1 is 1.47 bits per heavy atom. The zero-order valence-electron chi connectivity index (χ0n) is 8.96. The Kier molecular flexibility index (Phi) is 5.60. The molecule has 5 heteroatoms. The molecule has 1 heterocycles. The minimum absolute atomic E-state index is 0.154. The fraction of sp³-hybridized carbons (Fsp3) is 0.600. The lowest BCUT2D eigenvalue weighted by atomic mass is 10.4. The van der Waals surface area contributed by atoms with Gasteiger partial charge in [-0.25, -0.2) is 4.98 Å². The molecule has 1 N–H and O–H groups in total. The summed E-state index contributed by atoms with van der Waals surface area (Å²) in [6.45, 7) is 4.26. The van der Waals surface area contributed by atoms with Crippen LogP contribution in [0, 0.1) is 0 Å². The van der Waals surface area contributed by atoms with Crippen molar-refractivity contribution in [3.8, 4) is 0 Å². The highest BCUT2D eigenvalue weighted by Crippen LogP contribution is 2.14. The summed E-state index contributed by atoms with van der Waals surface area (Å²) in [5.41, 5.74) is 0. The zero-order chi connectivity index (χ0) is 11.1. The number of aliphatic hydroxyl groups excluding tert-OH is 1. The molecule has 0 amide bonds. The highest BCUT2D eigenvalue weighted by Gasteiger charge is 2.06. The van der Waals surface area contributed by atoms with Crippen LogP contribution in [0.3, 0.4) is 0 Å². The van der Waals surface area contributed by atoms with Crippen LogP contribution in [0.4, 0.5) is 0 Å². The topological polar surface area (TPSA) is 55.2 Å². The van der Waals surface area contributed by atoms with Crippen LogP contribution in [-0.4, -0.2) is 39.6 Å². The van der Waals surface area contributed by atoms with Gasteiger partial charge in [-0.2, -0.15) is 0 Å². The van der Waals surface area contributed by atoms with Crippen molar-refractivity contribution in [1.82, 2.24) is 9.97 Å². The average molecular weight is 228 g/mol. The Bertz CT molecular complexity index is 269. The lowest BCUT2D eigenvalue weighted by Crippen LogP contribution is -2.20. The highest BCUT2D eigenvalue weighted by molar-refractivity contribution is 7.99. The van der Waals surface area contributed by atoms with Crippen LogP contribution in [0.5, 0.6) is 0 Å². The first kappa shape index (κ1) is 12.4. The Balaban J connectivity index is 2.19. The first-order valence-electron chi connectivity index (χ1n) is 4.87. The smallest absolute Gasteiger partial charge is 0.114 e. The molecule has 0 fully saturated rings. The van der Waals surface area contributed by atoms with Crippen molar-refractivity contribution in [3.05, 3.63) is 18.6 Å². The van der Waals surface area contributed by atoms with Gasteiger partial charge in [-0.15, -0.1) is 11.8 Å².